The van der Waals surface area contributed by atoms with Crippen LogP contribution in [0.5, 0.6) is 0 Å². The number of hydrogen-bond acceptors (Lipinski definition) is 6. The zero-order chi connectivity index (χ0) is 14.5. The van der Waals surface area contributed by atoms with Gasteiger partial charge in [0.25, 0.3) is 5.91 Å². The first-order valence-corrected chi connectivity index (χ1v) is 6.96. The molecule has 0 spiro atoms. The van der Waals surface area contributed by atoms with Gasteiger partial charge in [-0.1, -0.05) is 0 Å². The van der Waals surface area contributed by atoms with Crippen LogP contribution in [0, 0.1) is 0 Å². The standard InChI is InChI=1S/C12H29N6O/c13-4-1-3-11(12(19)17-8-2-5-14)18(9-6-15)10-7-16/h11H,1-10,13-16H2. The summed E-state index contributed by atoms with van der Waals surface area (Å²) in [7, 11) is 0. The second-order valence-electron chi connectivity index (χ2n) is 4.42. The van der Waals surface area contributed by atoms with Gasteiger partial charge in [-0.05, 0) is 32.4 Å². The summed E-state index contributed by atoms with van der Waals surface area (Å²) in [5.41, 5.74) is 22.1. The average Bonchev–Trinajstić information content (AvgIpc) is 2.40. The fourth-order valence-electron chi connectivity index (χ4n) is 1.91. The van der Waals surface area contributed by atoms with E-state index >= 15 is 0 Å². The van der Waals surface area contributed by atoms with E-state index in [1.54, 1.807) is 0 Å². The highest BCUT2D eigenvalue weighted by Crippen LogP contribution is 2.07. The van der Waals surface area contributed by atoms with Crippen LogP contribution in [0.3, 0.4) is 0 Å². The Labute approximate surface area is 116 Å². The topological polar surface area (TPSA) is 138 Å². The monoisotopic (exact) mass is 273 g/mol. The molecular weight excluding hydrogens is 244 g/mol. The SMILES string of the molecule is NCCC[N]C(=O)C(CCCN)N(CCN)CCN. The van der Waals surface area contributed by atoms with Crippen LogP contribution < -0.4 is 28.3 Å². The molecule has 1 amide bonds. The van der Waals surface area contributed by atoms with Gasteiger partial charge < -0.3 is 22.9 Å². The number of amides is 1. The molecule has 8 N–H and O–H groups in total. The van der Waals surface area contributed by atoms with E-state index in [9.17, 15) is 4.79 Å². The van der Waals surface area contributed by atoms with Crippen LogP contribution in [0.4, 0.5) is 0 Å². The van der Waals surface area contributed by atoms with Crippen molar-refractivity contribution in [2.45, 2.75) is 25.3 Å². The number of nitrogens with zero attached hydrogens (tertiary/aromatic N) is 2. The summed E-state index contributed by atoms with van der Waals surface area (Å²) in [4.78, 5) is 14.1. The Morgan fingerprint density at radius 2 is 1.53 bits per heavy atom. The van der Waals surface area contributed by atoms with E-state index in [0.717, 1.165) is 12.8 Å². The third-order valence-electron chi connectivity index (χ3n) is 2.87. The zero-order valence-electron chi connectivity index (χ0n) is 11.8. The van der Waals surface area contributed by atoms with Crippen molar-refractivity contribution in [2.24, 2.45) is 22.9 Å². The molecule has 1 atom stereocenters. The van der Waals surface area contributed by atoms with Crippen molar-refractivity contribution in [1.29, 1.82) is 0 Å². The molecule has 0 bridgehead atoms. The van der Waals surface area contributed by atoms with Crippen molar-refractivity contribution >= 4 is 5.91 Å². The minimum Gasteiger partial charge on any atom is -0.330 e. The Balaban J connectivity index is 4.49. The first-order chi connectivity index (χ1) is 9.21. The summed E-state index contributed by atoms with van der Waals surface area (Å²) in [5.74, 6) is -0.108. The van der Waals surface area contributed by atoms with E-state index in [-0.39, 0.29) is 11.9 Å². The zero-order valence-corrected chi connectivity index (χ0v) is 11.8. The minimum absolute atomic E-state index is 0.108. The van der Waals surface area contributed by atoms with Gasteiger partial charge in [-0.15, -0.1) is 0 Å². The van der Waals surface area contributed by atoms with Gasteiger partial charge in [0.15, 0.2) is 0 Å². The van der Waals surface area contributed by atoms with E-state index in [0.29, 0.717) is 52.2 Å². The molecule has 113 valence electrons. The van der Waals surface area contributed by atoms with Crippen molar-refractivity contribution in [3.05, 3.63) is 0 Å². The second-order valence-corrected chi connectivity index (χ2v) is 4.42. The Morgan fingerprint density at radius 1 is 0.947 bits per heavy atom. The lowest BCUT2D eigenvalue weighted by Crippen LogP contribution is -2.48. The van der Waals surface area contributed by atoms with Crippen LogP contribution in [0.15, 0.2) is 0 Å². The summed E-state index contributed by atoms with van der Waals surface area (Å²) in [6.45, 7) is 3.86. The predicted molar refractivity (Wildman–Crippen MR) is 77.4 cm³/mol. The van der Waals surface area contributed by atoms with E-state index in [1.165, 1.54) is 0 Å². The Morgan fingerprint density at radius 3 is 2.00 bits per heavy atom. The molecule has 0 aliphatic carbocycles. The molecule has 0 saturated carbocycles. The molecule has 0 aromatic heterocycles. The summed E-state index contributed by atoms with van der Waals surface area (Å²) in [6.07, 6.45) is 2.21. The van der Waals surface area contributed by atoms with E-state index < -0.39 is 0 Å². The average molecular weight is 273 g/mol. The molecule has 0 fully saturated rings. The molecule has 7 heteroatoms. The van der Waals surface area contributed by atoms with Gasteiger partial charge in [-0.3, -0.25) is 15.0 Å². The molecular formula is C12H29N6O. The quantitative estimate of drug-likeness (QED) is 0.297. The highest BCUT2D eigenvalue weighted by Gasteiger charge is 2.25. The van der Waals surface area contributed by atoms with Gasteiger partial charge in [0.2, 0.25) is 0 Å². The van der Waals surface area contributed by atoms with Crippen molar-refractivity contribution in [3.63, 3.8) is 0 Å². The first kappa shape index (κ1) is 18.3. The molecule has 19 heavy (non-hydrogen) atoms. The number of hydrogen-bond donors (Lipinski definition) is 4. The molecule has 0 heterocycles. The van der Waals surface area contributed by atoms with Gasteiger partial charge in [0.05, 0.1) is 6.04 Å². The highest BCUT2D eigenvalue weighted by atomic mass is 16.2. The molecule has 7 nitrogen and oxygen atoms in total. The maximum Gasteiger partial charge on any atom is 0.258 e. The largest absolute Gasteiger partial charge is 0.330 e. The maximum atomic E-state index is 12.1. The molecule has 0 aliphatic heterocycles. The molecule has 1 radical (unpaired) electrons. The third-order valence-corrected chi connectivity index (χ3v) is 2.87. The summed E-state index contributed by atoms with van der Waals surface area (Å²) in [6, 6.07) is -0.256. The number of rotatable bonds is 12. The number of carbonyl (C=O) groups is 1. The second kappa shape index (κ2) is 12.3. The predicted octanol–water partition coefficient (Wildman–Crippen LogP) is -2.21. The van der Waals surface area contributed by atoms with Gasteiger partial charge in [0, 0.05) is 32.7 Å². The van der Waals surface area contributed by atoms with Crippen LogP contribution in [-0.2, 0) is 4.79 Å². The molecule has 0 rings (SSSR count). The fourth-order valence-corrected chi connectivity index (χ4v) is 1.91. The minimum atomic E-state index is -0.256. The van der Waals surface area contributed by atoms with Crippen molar-refractivity contribution in [1.82, 2.24) is 10.2 Å². The maximum absolute atomic E-state index is 12.1. The molecule has 0 aliphatic rings. The third kappa shape index (κ3) is 8.12. The molecule has 0 aromatic rings. The van der Waals surface area contributed by atoms with Gasteiger partial charge in [-0.25, -0.2) is 0 Å². The lowest BCUT2D eigenvalue weighted by molar-refractivity contribution is -0.127. The van der Waals surface area contributed by atoms with Crippen molar-refractivity contribution < 1.29 is 4.79 Å². The van der Waals surface area contributed by atoms with Gasteiger partial charge in [0.1, 0.15) is 0 Å². The first-order valence-electron chi connectivity index (χ1n) is 6.96. The normalized spacial score (nSPS) is 12.7. The smallest absolute Gasteiger partial charge is 0.258 e. The molecule has 0 saturated heterocycles. The fraction of sp³-hybridized carbons (Fsp3) is 0.917. The van der Waals surface area contributed by atoms with Crippen LogP contribution in [-0.4, -0.2) is 62.7 Å². The van der Waals surface area contributed by atoms with Crippen LogP contribution in [0.2, 0.25) is 0 Å². The summed E-state index contributed by atoms with van der Waals surface area (Å²) in [5, 5.41) is 4.07. The van der Waals surface area contributed by atoms with Crippen LogP contribution in [0.1, 0.15) is 19.3 Å². The Hall–Kier alpha value is -0.730. The molecule has 1 unspecified atom stereocenters. The van der Waals surface area contributed by atoms with Gasteiger partial charge in [-0.2, -0.15) is 0 Å². The van der Waals surface area contributed by atoms with Crippen LogP contribution in [0.25, 0.3) is 0 Å². The van der Waals surface area contributed by atoms with Crippen molar-refractivity contribution in [3.8, 4) is 0 Å². The van der Waals surface area contributed by atoms with E-state index in [1.807, 2.05) is 4.90 Å². The van der Waals surface area contributed by atoms with E-state index in [2.05, 4.69) is 5.32 Å². The summed E-state index contributed by atoms with van der Waals surface area (Å²) < 4.78 is 0. The lowest BCUT2D eigenvalue weighted by Gasteiger charge is -2.29. The number of carbonyl (C=O) groups excluding carboxylic acids is 1. The van der Waals surface area contributed by atoms with E-state index in [4.69, 9.17) is 22.9 Å². The Bertz CT molecular complexity index is 220. The van der Waals surface area contributed by atoms with Gasteiger partial charge >= 0.3 is 0 Å². The highest BCUT2D eigenvalue weighted by molar-refractivity contribution is 5.81. The lowest BCUT2D eigenvalue weighted by atomic mass is 10.1. The Kier molecular flexibility index (Phi) is 11.8. The van der Waals surface area contributed by atoms with Crippen molar-refractivity contribution in [2.75, 3.05) is 45.8 Å². The number of nitrogens with two attached hydrogens (primary N) is 4. The van der Waals surface area contributed by atoms with Crippen LogP contribution >= 0.6 is 0 Å². The molecule has 0 aromatic carbocycles. The summed E-state index contributed by atoms with van der Waals surface area (Å²) >= 11 is 0.